The molecule has 1 heterocycles. The first-order valence-corrected chi connectivity index (χ1v) is 14.1. The van der Waals surface area contributed by atoms with E-state index in [0.717, 1.165) is 34.0 Å². The van der Waals surface area contributed by atoms with E-state index in [-0.39, 0.29) is 25.0 Å². The first kappa shape index (κ1) is 30.5. The van der Waals surface area contributed by atoms with Gasteiger partial charge in [-0.05, 0) is 59.9 Å². The minimum absolute atomic E-state index is 0.0934. The zero-order valence-corrected chi connectivity index (χ0v) is 24.8. The Bertz CT molecular complexity index is 1480. The van der Waals surface area contributed by atoms with Gasteiger partial charge in [-0.1, -0.05) is 43.3 Å². The Morgan fingerprint density at radius 2 is 1.67 bits per heavy atom. The van der Waals surface area contributed by atoms with Gasteiger partial charge in [0.1, 0.15) is 6.54 Å². The molecule has 0 aliphatic carbocycles. The van der Waals surface area contributed by atoms with Crippen LogP contribution >= 0.6 is 0 Å². The maximum atomic E-state index is 13.9. The van der Waals surface area contributed by atoms with Crippen molar-refractivity contribution >= 4 is 28.5 Å². The third-order valence-electron chi connectivity index (χ3n) is 7.27. The van der Waals surface area contributed by atoms with Gasteiger partial charge in [0, 0.05) is 49.5 Å². The highest BCUT2D eigenvalue weighted by molar-refractivity contribution is 5.92. The van der Waals surface area contributed by atoms with Crippen LogP contribution in [0.4, 0.5) is 10.5 Å². The molecule has 9 heteroatoms. The van der Waals surface area contributed by atoms with Crippen molar-refractivity contribution in [2.75, 3.05) is 52.9 Å². The predicted octanol–water partition coefficient (Wildman–Crippen LogP) is 5.50. The lowest BCUT2D eigenvalue weighted by molar-refractivity contribution is -0.132. The van der Waals surface area contributed by atoms with Crippen molar-refractivity contribution in [1.82, 2.24) is 14.8 Å². The molecule has 0 aliphatic heterocycles. The second-order valence-corrected chi connectivity index (χ2v) is 10.0. The van der Waals surface area contributed by atoms with E-state index < -0.39 is 0 Å². The number of hydrogen-bond donors (Lipinski definition) is 2. The molecule has 0 saturated carbocycles. The number of amides is 3. The summed E-state index contributed by atoms with van der Waals surface area (Å²) in [6, 6.07) is 21.1. The highest BCUT2D eigenvalue weighted by Gasteiger charge is 2.23. The summed E-state index contributed by atoms with van der Waals surface area (Å²) in [4.78, 5) is 33.8. The molecule has 0 saturated heterocycles. The third kappa shape index (κ3) is 7.82. The quantitative estimate of drug-likeness (QED) is 0.208. The number of methoxy groups -OCH3 is 3. The number of carbonyl (C=O) groups is 2. The number of urea groups is 1. The first-order valence-electron chi connectivity index (χ1n) is 14.1. The fraction of sp³-hybridized carbons (Fsp3) is 0.333. The van der Waals surface area contributed by atoms with Crippen LogP contribution in [0.15, 0.2) is 72.9 Å². The normalized spacial score (nSPS) is 10.9. The van der Waals surface area contributed by atoms with E-state index >= 15 is 0 Å². The molecule has 0 atom stereocenters. The molecule has 0 fully saturated rings. The van der Waals surface area contributed by atoms with Gasteiger partial charge in [-0.25, -0.2) is 4.79 Å². The second kappa shape index (κ2) is 14.9. The monoisotopic (exact) mass is 572 g/mol. The van der Waals surface area contributed by atoms with E-state index in [2.05, 4.69) is 23.3 Å². The summed E-state index contributed by atoms with van der Waals surface area (Å²) in [5, 5.41) is 4.08. The Hall–Kier alpha value is -4.50. The van der Waals surface area contributed by atoms with Crippen LogP contribution in [0.2, 0.25) is 0 Å². The first-order chi connectivity index (χ1) is 20.4. The Kier molecular flexibility index (Phi) is 10.8. The number of para-hydroxylation sites is 1. The van der Waals surface area contributed by atoms with Crippen LogP contribution in [-0.4, -0.2) is 74.3 Å². The van der Waals surface area contributed by atoms with Crippen molar-refractivity contribution < 1.29 is 23.8 Å². The number of nitrogens with one attached hydrogen (secondary N) is 2. The summed E-state index contributed by atoms with van der Waals surface area (Å²) in [5.41, 5.74) is 4.88. The van der Waals surface area contributed by atoms with Crippen LogP contribution in [0.3, 0.4) is 0 Å². The van der Waals surface area contributed by atoms with E-state index in [0.29, 0.717) is 43.3 Å². The van der Waals surface area contributed by atoms with Crippen molar-refractivity contribution in [2.24, 2.45) is 0 Å². The van der Waals surface area contributed by atoms with Crippen molar-refractivity contribution in [1.29, 1.82) is 0 Å². The van der Waals surface area contributed by atoms with Gasteiger partial charge in [0.25, 0.3) is 0 Å². The lowest BCUT2D eigenvalue weighted by Gasteiger charge is -2.28. The molecule has 9 nitrogen and oxygen atoms in total. The summed E-state index contributed by atoms with van der Waals surface area (Å²) in [5.74, 6) is 1.04. The molecule has 4 aromatic rings. The molecular formula is C33H40N4O5. The molecule has 0 bridgehead atoms. The molecular weight excluding hydrogens is 532 g/mol. The minimum atomic E-state index is -0.351. The molecule has 222 valence electrons. The Morgan fingerprint density at radius 3 is 2.43 bits per heavy atom. The Balaban J connectivity index is 1.55. The fourth-order valence-corrected chi connectivity index (χ4v) is 4.87. The molecule has 0 unspecified atom stereocenters. The molecule has 2 N–H and O–H groups in total. The number of aromatic nitrogens is 1. The SMILES string of the molecule is CCc1cccc(NC(=O)N(CCOC)CC(=O)N(CCc2c[nH]c3ccccc23)Cc2ccc(OC)c(OC)c2)c1. The van der Waals surface area contributed by atoms with Crippen molar-refractivity contribution in [3.63, 3.8) is 0 Å². The maximum Gasteiger partial charge on any atom is 0.322 e. The van der Waals surface area contributed by atoms with Crippen molar-refractivity contribution in [2.45, 2.75) is 26.3 Å². The fourth-order valence-electron chi connectivity index (χ4n) is 4.87. The van der Waals surface area contributed by atoms with Crippen LogP contribution < -0.4 is 14.8 Å². The van der Waals surface area contributed by atoms with E-state index in [1.54, 1.807) is 26.2 Å². The van der Waals surface area contributed by atoms with Gasteiger partial charge in [0.15, 0.2) is 11.5 Å². The van der Waals surface area contributed by atoms with E-state index in [4.69, 9.17) is 14.2 Å². The molecule has 3 aromatic carbocycles. The molecule has 4 rings (SSSR count). The predicted molar refractivity (Wildman–Crippen MR) is 165 cm³/mol. The van der Waals surface area contributed by atoms with Gasteiger partial charge in [-0.3, -0.25) is 4.79 Å². The lowest BCUT2D eigenvalue weighted by atomic mass is 10.1. The molecule has 0 aliphatic rings. The van der Waals surface area contributed by atoms with Gasteiger partial charge in [-0.15, -0.1) is 0 Å². The molecule has 3 amide bonds. The number of benzene rings is 3. The molecule has 42 heavy (non-hydrogen) atoms. The Labute approximate surface area is 247 Å². The number of rotatable bonds is 14. The molecule has 1 aromatic heterocycles. The Morgan fingerprint density at radius 1 is 0.857 bits per heavy atom. The number of fused-ring (bicyclic) bond motifs is 1. The summed E-state index contributed by atoms with van der Waals surface area (Å²) in [6.07, 6.45) is 3.50. The van der Waals surface area contributed by atoms with Crippen LogP contribution in [-0.2, 0) is 28.9 Å². The number of ether oxygens (including phenoxy) is 3. The lowest BCUT2D eigenvalue weighted by Crippen LogP contribution is -2.46. The van der Waals surface area contributed by atoms with Crippen molar-refractivity contribution in [3.8, 4) is 11.5 Å². The van der Waals surface area contributed by atoms with Gasteiger partial charge >= 0.3 is 6.03 Å². The van der Waals surface area contributed by atoms with E-state index in [1.807, 2.05) is 66.9 Å². The number of hydrogen-bond acceptors (Lipinski definition) is 5. The summed E-state index contributed by atoms with van der Waals surface area (Å²) in [7, 11) is 4.75. The molecule has 0 spiro atoms. The number of aryl methyl sites for hydroxylation is 1. The summed E-state index contributed by atoms with van der Waals surface area (Å²) in [6.45, 7) is 3.36. The molecule has 0 radical (unpaired) electrons. The summed E-state index contributed by atoms with van der Waals surface area (Å²) < 4.78 is 16.1. The van der Waals surface area contributed by atoms with Crippen molar-refractivity contribution in [3.05, 3.63) is 89.6 Å². The van der Waals surface area contributed by atoms with Gasteiger partial charge < -0.3 is 34.3 Å². The number of carbonyl (C=O) groups excluding carboxylic acids is 2. The third-order valence-corrected chi connectivity index (χ3v) is 7.27. The highest BCUT2D eigenvalue weighted by Crippen LogP contribution is 2.28. The summed E-state index contributed by atoms with van der Waals surface area (Å²) >= 11 is 0. The highest BCUT2D eigenvalue weighted by atomic mass is 16.5. The topological polar surface area (TPSA) is 96.1 Å². The van der Waals surface area contributed by atoms with E-state index in [1.165, 1.54) is 4.90 Å². The van der Waals surface area contributed by atoms with Crippen LogP contribution in [0.1, 0.15) is 23.6 Å². The van der Waals surface area contributed by atoms with Crippen LogP contribution in [0.5, 0.6) is 11.5 Å². The zero-order chi connectivity index (χ0) is 29.9. The van der Waals surface area contributed by atoms with Gasteiger partial charge in [0.05, 0.1) is 20.8 Å². The minimum Gasteiger partial charge on any atom is -0.493 e. The van der Waals surface area contributed by atoms with Gasteiger partial charge in [-0.2, -0.15) is 0 Å². The standard InChI is InChI=1S/C33H40N4O5/c1-5-24-9-8-10-27(19-24)35-33(39)37(17-18-40-2)23-32(38)36(22-25-13-14-30(41-3)31(20-25)42-4)16-15-26-21-34-29-12-7-6-11-28(26)29/h6-14,19-21,34H,5,15-18,22-23H2,1-4H3,(H,35,39). The average Bonchev–Trinajstić information content (AvgIpc) is 3.44. The van der Waals surface area contributed by atoms with Gasteiger partial charge in [0.2, 0.25) is 5.91 Å². The number of nitrogens with zero attached hydrogens (tertiary/aromatic N) is 2. The zero-order valence-electron chi connectivity index (χ0n) is 24.8. The van der Waals surface area contributed by atoms with Crippen LogP contribution in [0, 0.1) is 0 Å². The van der Waals surface area contributed by atoms with Crippen LogP contribution in [0.25, 0.3) is 10.9 Å². The second-order valence-electron chi connectivity index (χ2n) is 10.0. The number of H-pyrrole nitrogens is 1. The smallest absolute Gasteiger partial charge is 0.322 e. The number of aromatic amines is 1. The average molecular weight is 573 g/mol. The van der Waals surface area contributed by atoms with E-state index in [9.17, 15) is 9.59 Å². The largest absolute Gasteiger partial charge is 0.493 e. The number of anilines is 1. The maximum absolute atomic E-state index is 13.9.